The molecule has 0 fully saturated rings. The second-order valence-electron chi connectivity index (χ2n) is 5.35. The molecule has 0 radical (unpaired) electrons. The molecule has 0 aliphatic heterocycles. The number of nitrogens with zero attached hydrogens (tertiary/aromatic N) is 2. The Morgan fingerprint density at radius 1 is 0.952 bits per heavy atom. The first-order chi connectivity index (χ1) is 10.2. The first-order valence-electron chi connectivity index (χ1n) is 7.79. The highest BCUT2D eigenvalue weighted by molar-refractivity contribution is 5.56. The minimum Gasteiger partial charge on any atom is -0.319 e. The smallest absolute Gasteiger partial charge is 0.159 e. The zero-order chi connectivity index (χ0) is 15.2. The van der Waals surface area contributed by atoms with Crippen molar-refractivity contribution in [3.8, 4) is 11.4 Å². The number of likely N-dealkylation sites (N-methyl/N-ethyl adjacent to an activating group) is 1. The molecule has 3 nitrogen and oxygen atoms in total. The molecule has 3 heteroatoms. The average Bonchev–Trinajstić information content (AvgIpc) is 2.52. The molecule has 21 heavy (non-hydrogen) atoms. The van der Waals surface area contributed by atoms with Crippen LogP contribution in [-0.4, -0.2) is 23.6 Å². The molecule has 0 atom stereocenters. The van der Waals surface area contributed by atoms with Crippen LogP contribution in [0.1, 0.15) is 36.4 Å². The van der Waals surface area contributed by atoms with Crippen molar-refractivity contribution >= 4 is 0 Å². The predicted octanol–water partition coefficient (Wildman–Crippen LogP) is 3.34. The molecule has 1 N–H and O–H groups in total. The van der Waals surface area contributed by atoms with Crippen LogP contribution in [-0.2, 0) is 19.3 Å². The van der Waals surface area contributed by atoms with Gasteiger partial charge in [0, 0.05) is 17.0 Å². The molecule has 0 aliphatic rings. The van der Waals surface area contributed by atoms with Crippen LogP contribution in [0.2, 0.25) is 0 Å². The Balaban J connectivity index is 2.46. The van der Waals surface area contributed by atoms with E-state index < -0.39 is 0 Å². The van der Waals surface area contributed by atoms with Gasteiger partial charge in [-0.25, -0.2) is 9.97 Å². The average molecular weight is 283 g/mol. The topological polar surface area (TPSA) is 37.8 Å². The van der Waals surface area contributed by atoms with Gasteiger partial charge in [0.2, 0.25) is 0 Å². The zero-order valence-corrected chi connectivity index (χ0v) is 13.5. The Bertz CT molecular complexity index is 563. The van der Waals surface area contributed by atoms with Gasteiger partial charge in [-0.15, -0.1) is 0 Å². The monoisotopic (exact) mass is 283 g/mol. The number of aromatic nitrogens is 2. The first kappa shape index (κ1) is 15.6. The highest BCUT2D eigenvalue weighted by Crippen LogP contribution is 2.21. The van der Waals surface area contributed by atoms with E-state index in [1.54, 1.807) is 0 Å². The van der Waals surface area contributed by atoms with E-state index >= 15 is 0 Å². The Kier molecular flexibility index (Phi) is 5.45. The maximum atomic E-state index is 4.81. The van der Waals surface area contributed by atoms with E-state index in [4.69, 9.17) is 9.97 Å². The van der Waals surface area contributed by atoms with Gasteiger partial charge < -0.3 is 5.32 Å². The third-order valence-electron chi connectivity index (χ3n) is 3.78. The van der Waals surface area contributed by atoms with Crippen molar-refractivity contribution in [3.63, 3.8) is 0 Å². The van der Waals surface area contributed by atoms with Crippen molar-refractivity contribution in [2.45, 2.75) is 40.0 Å². The van der Waals surface area contributed by atoms with Crippen LogP contribution in [0.15, 0.2) is 24.3 Å². The van der Waals surface area contributed by atoms with E-state index in [9.17, 15) is 0 Å². The minimum atomic E-state index is 0.858. The molecular weight excluding hydrogens is 258 g/mol. The van der Waals surface area contributed by atoms with Crippen molar-refractivity contribution in [3.05, 3.63) is 46.8 Å². The largest absolute Gasteiger partial charge is 0.319 e. The van der Waals surface area contributed by atoms with Crippen molar-refractivity contribution < 1.29 is 0 Å². The predicted molar refractivity (Wildman–Crippen MR) is 88.6 cm³/mol. The van der Waals surface area contributed by atoms with Crippen LogP contribution in [0.5, 0.6) is 0 Å². The number of hydrogen-bond acceptors (Lipinski definition) is 3. The van der Waals surface area contributed by atoms with E-state index in [0.29, 0.717) is 0 Å². The normalized spacial score (nSPS) is 10.9. The fourth-order valence-electron chi connectivity index (χ4n) is 2.54. The molecule has 0 unspecified atom stereocenters. The molecule has 0 amide bonds. The molecule has 112 valence electrons. The van der Waals surface area contributed by atoms with E-state index in [0.717, 1.165) is 37.2 Å². The summed E-state index contributed by atoms with van der Waals surface area (Å²) in [6.07, 6.45) is 2.90. The molecule has 0 spiro atoms. The molecule has 2 rings (SSSR count). The van der Waals surface area contributed by atoms with E-state index in [2.05, 4.69) is 50.4 Å². The lowest BCUT2D eigenvalue weighted by Crippen LogP contribution is -2.15. The van der Waals surface area contributed by atoms with Gasteiger partial charge in [0.15, 0.2) is 5.82 Å². The van der Waals surface area contributed by atoms with Crippen LogP contribution in [0.25, 0.3) is 11.4 Å². The Morgan fingerprint density at radius 3 is 2.00 bits per heavy atom. The van der Waals surface area contributed by atoms with Crippen LogP contribution in [0, 0.1) is 6.92 Å². The number of rotatable bonds is 6. The van der Waals surface area contributed by atoms with Crippen molar-refractivity contribution in [2.24, 2.45) is 0 Å². The summed E-state index contributed by atoms with van der Waals surface area (Å²) < 4.78 is 0. The second kappa shape index (κ2) is 7.32. The van der Waals surface area contributed by atoms with Crippen LogP contribution in [0.4, 0.5) is 0 Å². The van der Waals surface area contributed by atoms with Gasteiger partial charge in [0.1, 0.15) is 0 Å². The van der Waals surface area contributed by atoms with Crippen molar-refractivity contribution in [2.75, 3.05) is 13.6 Å². The molecule has 0 saturated carbocycles. The van der Waals surface area contributed by atoms with Gasteiger partial charge in [-0.05, 0) is 45.3 Å². The fourth-order valence-corrected chi connectivity index (χ4v) is 2.54. The zero-order valence-electron chi connectivity index (χ0n) is 13.5. The summed E-state index contributed by atoms with van der Waals surface area (Å²) in [4.78, 5) is 9.63. The number of nitrogens with one attached hydrogen (secondary N) is 1. The molecule has 0 aliphatic carbocycles. The maximum Gasteiger partial charge on any atom is 0.159 e. The minimum absolute atomic E-state index is 0.858. The van der Waals surface area contributed by atoms with Gasteiger partial charge in [-0.3, -0.25) is 0 Å². The highest BCUT2D eigenvalue weighted by atomic mass is 14.9. The number of aryl methyl sites for hydroxylation is 3. The molecule has 0 bridgehead atoms. The summed E-state index contributed by atoms with van der Waals surface area (Å²) in [5.41, 5.74) is 6.06. The van der Waals surface area contributed by atoms with Gasteiger partial charge in [-0.2, -0.15) is 0 Å². The second-order valence-corrected chi connectivity index (χ2v) is 5.35. The van der Waals surface area contributed by atoms with E-state index in [1.165, 1.54) is 22.5 Å². The van der Waals surface area contributed by atoms with E-state index in [-0.39, 0.29) is 0 Å². The van der Waals surface area contributed by atoms with Gasteiger partial charge in [0.25, 0.3) is 0 Å². The Morgan fingerprint density at radius 2 is 1.52 bits per heavy atom. The van der Waals surface area contributed by atoms with Gasteiger partial charge >= 0.3 is 0 Å². The van der Waals surface area contributed by atoms with E-state index in [1.807, 2.05) is 7.05 Å². The lowest BCUT2D eigenvalue weighted by Gasteiger charge is -2.14. The lowest BCUT2D eigenvalue weighted by atomic mass is 10.0. The van der Waals surface area contributed by atoms with Crippen LogP contribution < -0.4 is 5.32 Å². The highest BCUT2D eigenvalue weighted by Gasteiger charge is 2.13. The van der Waals surface area contributed by atoms with Crippen LogP contribution in [0.3, 0.4) is 0 Å². The Labute approximate surface area is 127 Å². The fraction of sp³-hybridized carbons (Fsp3) is 0.444. The maximum absolute atomic E-state index is 4.81. The Hall–Kier alpha value is -1.74. The molecule has 0 saturated heterocycles. The molecule has 1 aromatic heterocycles. The lowest BCUT2D eigenvalue weighted by molar-refractivity contribution is 0.760. The van der Waals surface area contributed by atoms with Gasteiger partial charge in [0.05, 0.1) is 0 Å². The molecule has 1 heterocycles. The molecule has 2 aromatic rings. The number of benzene rings is 1. The van der Waals surface area contributed by atoms with Crippen molar-refractivity contribution in [1.82, 2.24) is 15.3 Å². The summed E-state index contributed by atoms with van der Waals surface area (Å²) in [5.74, 6) is 0.858. The summed E-state index contributed by atoms with van der Waals surface area (Å²) in [5, 5.41) is 3.22. The number of hydrogen-bond donors (Lipinski definition) is 1. The first-order valence-corrected chi connectivity index (χ1v) is 7.79. The standard InChI is InChI=1S/C18H25N3/c1-5-16-15(11-12-19-4)17(6-2)21-18(20-16)14-9-7-13(3)8-10-14/h7-10,19H,5-6,11-12H2,1-4H3. The van der Waals surface area contributed by atoms with Crippen molar-refractivity contribution in [1.29, 1.82) is 0 Å². The quantitative estimate of drug-likeness (QED) is 0.883. The summed E-state index contributed by atoms with van der Waals surface area (Å²) in [6.45, 7) is 7.40. The molecule has 1 aromatic carbocycles. The van der Waals surface area contributed by atoms with Gasteiger partial charge in [-0.1, -0.05) is 43.7 Å². The summed E-state index contributed by atoms with van der Waals surface area (Å²) in [7, 11) is 1.98. The summed E-state index contributed by atoms with van der Waals surface area (Å²) >= 11 is 0. The third kappa shape index (κ3) is 3.67. The van der Waals surface area contributed by atoms with Crippen LogP contribution >= 0.6 is 0 Å². The summed E-state index contributed by atoms with van der Waals surface area (Å²) in [6, 6.07) is 8.45. The SMILES string of the molecule is CCc1nc(-c2ccc(C)cc2)nc(CC)c1CCNC. The molecular formula is C18H25N3. The third-order valence-corrected chi connectivity index (χ3v) is 3.78.